The number of ether oxygens (including phenoxy) is 1. The minimum Gasteiger partial charge on any atom is -0.495 e. The zero-order valence-corrected chi connectivity index (χ0v) is 18.1. The lowest BCUT2D eigenvalue weighted by Crippen LogP contribution is -2.41. The van der Waals surface area contributed by atoms with Gasteiger partial charge in [0.05, 0.1) is 24.3 Å². The summed E-state index contributed by atoms with van der Waals surface area (Å²) >= 11 is 0. The molecule has 0 saturated carbocycles. The number of nitro groups is 1. The molecule has 162 valence electrons. The van der Waals surface area contributed by atoms with Gasteiger partial charge in [-0.1, -0.05) is 36.8 Å². The Balaban J connectivity index is 2.33. The van der Waals surface area contributed by atoms with Crippen LogP contribution in [0.25, 0.3) is 0 Å². The molecule has 0 fully saturated rings. The van der Waals surface area contributed by atoms with Gasteiger partial charge in [-0.15, -0.1) is 0 Å². The first-order valence-corrected chi connectivity index (χ1v) is 11.1. The standard InChI is InChI=1S/C20H25N3O6S/c1-5-17(15-8-6-14(2)7-9-15)21-20(24)13-22(30(4,27)28)18-12-16(23(25)26)10-11-19(18)29-3/h6-12,17H,5,13H2,1-4H3,(H,21,24). The molecule has 0 aliphatic carbocycles. The summed E-state index contributed by atoms with van der Waals surface area (Å²) in [4.78, 5) is 23.2. The summed E-state index contributed by atoms with van der Waals surface area (Å²) in [5, 5.41) is 14.0. The number of benzene rings is 2. The number of nitrogens with zero attached hydrogens (tertiary/aromatic N) is 2. The van der Waals surface area contributed by atoms with E-state index >= 15 is 0 Å². The van der Waals surface area contributed by atoms with E-state index in [4.69, 9.17) is 4.74 Å². The van der Waals surface area contributed by atoms with Crippen LogP contribution in [0.5, 0.6) is 5.75 Å². The van der Waals surface area contributed by atoms with Crippen molar-refractivity contribution in [3.8, 4) is 5.75 Å². The molecule has 0 aliphatic heterocycles. The van der Waals surface area contributed by atoms with Gasteiger partial charge in [0.25, 0.3) is 5.69 Å². The van der Waals surface area contributed by atoms with Gasteiger partial charge in [0.1, 0.15) is 18.0 Å². The second-order valence-corrected chi connectivity index (χ2v) is 8.73. The quantitative estimate of drug-likeness (QED) is 0.478. The molecule has 1 atom stereocenters. The molecule has 1 unspecified atom stereocenters. The molecule has 0 aliphatic rings. The van der Waals surface area contributed by atoms with Crippen LogP contribution in [0, 0.1) is 17.0 Å². The average Bonchev–Trinajstić information content (AvgIpc) is 2.69. The smallest absolute Gasteiger partial charge is 0.271 e. The van der Waals surface area contributed by atoms with Crippen molar-refractivity contribution in [2.45, 2.75) is 26.3 Å². The molecule has 1 N–H and O–H groups in total. The maximum Gasteiger partial charge on any atom is 0.271 e. The van der Waals surface area contributed by atoms with Gasteiger partial charge in [0.15, 0.2) is 0 Å². The van der Waals surface area contributed by atoms with Crippen molar-refractivity contribution in [2.24, 2.45) is 0 Å². The highest BCUT2D eigenvalue weighted by Gasteiger charge is 2.27. The molecule has 0 bridgehead atoms. The summed E-state index contributed by atoms with van der Waals surface area (Å²) in [6.45, 7) is 3.32. The first-order valence-electron chi connectivity index (χ1n) is 9.22. The van der Waals surface area contributed by atoms with E-state index in [1.807, 2.05) is 38.1 Å². The third-order valence-electron chi connectivity index (χ3n) is 4.55. The fourth-order valence-corrected chi connectivity index (χ4v) is 3.81. The number of anilines is 1. The van der Waals surface area contributed by atoms with Crippen molar-refractivity contribution in [1.82, 2.24) is 5.32 Å². The van der Waals surface area contributed by atoms with Crippen molar-refractivity contribution >= 4 is 27.3 Å². The van der Waals surface area contributed by atoms with Crippen LogP contribution in [0.1, 0.15) is 30.5 Å². The second-order valence-electron chi connectivity index (χ2n) is 6.82. The Bertz CT molecular complexity index is 1020. The van der Waals surface area contributed by atoms with Gasteiger partial charge in [-0.25, -0.2) is 8.42 Å². The molecular formula is C20H25N3O6S. The monoisotopic (exact) mass is 435 g/mol. The Labute approximate surface area is 175 Å². The zero-order chi connectivity index (χ0) is 22.5. The van der Waals surface area contributed by atoms with Gasteiger partial charge in [-0.05, 0) is 25.0 Å². The predicted octanol–water partition coefficient (Wildman–Crippen LogP) is 2.95. The maximum absolute atomic E-state index is 12.7. The molecular weight excluding hydrogens is 410 g/mol. The summed E-state index contributed by atoms with van der Waals surface area (Å²) in [7, 11) is -2.62. The molecule has 10 heteroatoms. The lowest BCUT2D eigenvalue weighted by molar-refractivity contribution is -0.384. The Kier molecular flexibility index (Phi) is 7.38. The highest BCUT2D eigenvalue weighted by molar-refractivity contribution is 7.92. The van der Waals surface area contributed by atoms with Crippen LogP contribution in [0.3, 0.4) is 0 Å². The molecule has 30 heavy (non-hydrogen) atoms. The van der Waals surface area contributed by atoms with Crippen molar-refractivity contribution in [3.05, 3.63) is 63.7 Å². The van der Waals surface area contributed by atoms with Crippen LogP contribution in [-0.2, 0) is 14.8 Å². The lowest BCUT2D eigenvalue weighted by Gasteiger charge is -2.25. The van der Waals surface area contributed by atoms with E-state index in [1.165, 1.54) is 19.2 Å². The molecule has 2 aromatic carbocycles. The van der Waals surface area contributed by atoms with Crippen molar-refractivity contribution in [2.75, 3.05) is 24.2 Å². The summed E-state index contributed by atoms with van der Waals surface area (Å²) in [6.07, 6.45) is 1.53. The SMILES string of the molecule is CCC(NC(=O)CN(c1cc([N+](=O)[O-])ccc1OC)S(C)(=O)=O)c1ccc(C)cc1. The summed E-state index contributed by atoms with van der Waals surface area (Å²) < 4.78 is 30.8. The Morgan fingerprint density at radius 1 is 1.23 bits per heavy atom. The summed E-state index contributed by atoms with van der Waals surface area (Å²) in [5.74, 6) is -0.439. The number of carbonyl (C=O) groups is 1. The van der Waals surface area contributed by atoms with Crippen LogP contribution >= 0.6 is 0 Å². The van der Waals surface area contributed by atoms with E-state index in [1.54, 1.807) is 0 Å². The van der Waals surface area contributed by atoms with Crippen molar-refractivity contribution in [3.63, 3.8) is 0 Å². The lowest BCUT2D eigenvalue weighted by atomic mass is 10.0. The van der Waals surface area contributed by atoms with E-state index in [0.29, 0.717) is 6.42 Å². The number of hydrogen-bond donors (Lipinski definition) is 1. The van der Waals surface area contributed by atoms with Gasteiger partial charge in [0.2, 0.25) is 15.9 Å². The van der Waals surface area contributed by atoms with Crippen LogP contribution < -0.4 is 14.4 Å². The number of aryl methyl sites for hydroxylation is 1. The van der Waals surface area contributed by atoms with Crippen LogP contribution in [0.15, 0.2) is 42.5 Å². The number of nitrogens with one attached hydrogen (secondary N) is 1. The fraction of sp³-hybridized carbons (Fsp3) is 0.350. The largest absolute Gasteiger partial charge is 0.495 e. The van der Waals surface area contributed by atoms with Gasteiger partial charge < -0.3 is 10.1 Å². The highest BCUT2D eigenvalue weighted by Crippen LogP contribution is 2.33. The van der Waals surface area contributed by atoms with Crippen LogP contribution in [0.4, 0.5) is 11.4 Å². The minimum absolute atomic E-state index is 0.0762. The molecule has 2 aromatic rings. The third kappa shape index (κ3) is 5.69. The van der Waals surface area contributed by atoms with Crippen LogP contribution in [0.2, 0.25) is 0 Å². The molecule has 0 spiro atoms. The minimum atomic E-state index is -3.93. The summed E-state index contributed by atoms with van der Waals surface area (Å²) in [6, 6.07) is 10.9. The van der Waals surface area contributed by atoms with Crippen LogP contribution in [-0.4, -0.2) is 39.2 Å². The molecule has 0 radical (unpaired) electrons. The van der Waals surface area contributed by atoms with E-state index in [9.17, 15) is 23.3 Å². The molecule has 9 nitrogen and oxygen atoms in total. The second kappa shape index (κ2) is 9.57. The zero-order valence-electron chi connectivity index (χ0n) is 17.3. The first-order chi connectivity index (χ1) is 14.1. The number of methoxy groups -OCH3 is 1. The number of rotatable bonds is 9. The van der Waals surface area contributed by atoms with E-state index in [2.05, 4.69) is 5.32 Å². The highest BCUT2D eigenvalue weighted by atomic mass is 32.2. The number of non-ortho nitro benzene ring substituents is 1. The van der Waals surface area contributed by atoms with Crippen molar-refractivity contribution in [1.29, 1.82) is 0 Å². The van der Waals surface area contributed by atoms with Gasteiger partial charge in [-0.3, -0.25) is 19.2 Å². The van der Waals surface area contributed by atoms with E-state index in [0.717, 1.165) is 27.8 Å². The average molecular weight is 436 g/mol. The fourth-order valence-electron chi connectivity index (χ4n) is 2.96. The van der Waals surface area contributed by atoms with E-state index < -0.39 is 27.4 Å². The number of sulfonamides is 1. The van der Waals surface area contributed by atoms with Crippen molar-refractivity contribution < 1.29 is 22.9 Å². The number of hydrogen-bond acceptors (Lipinski definition) is 6. The van der Waals surface area contributed by atoms with Gasteiger partial charge >= 0.3 is 0 Å². The Morgan fingerprint density at radius 3 is 2.37 bits per heavy atom. The number of carbonyl (C=O) groups excluding carboxylic acids is 1. The molecule has 0 aromatic heterocycles. The number of amides is 1. The molecule has 0 saturated heterocycles. The molecule has 0 heterocycles. The summed E-state index contributed by atoms with van der Waals surface area (Å²) in [5.41, 5.74) is 1.59. The Hall–Kier alpha value is -3.14. The normalized spacial score (nSPS) is 12.1. The Morgan fingerprint density at radius 2 is 1.87 bits per heavy atom. The predicted molar refractivity (Wildman–Crippen MR) is 114 cm³/mol. The molecule has 1 amide bonds. The maximum atomic E-state index is 12.7. The molecule has 2 rings (SSSR count). The third-order valence-corrected chi connectivity index (χ3v) is 5.68. The van der Waals surface area contributed by atoms with E-state index in [-0.39, 0.29) is 23.2 Å². The van der Waals surface area contributed by atoms with Gasteiger partial charge in [0, 0.05) is 12.1 Å². The first kappa shape index (κ1) is 23.1. The van der Waals surface area contributed by atoms with Gasteiger partial charge in [-0.2, -0.15) is 0 Å². The number of nitro benzene ring substituents is 1. The topological polar surface area (TPSA) is 119 Å².